The summed E-state index contributed by atoms with van der Waals surface area (Å²) in [5.74, 6) is -2.91. The first-order valence-corrected chi connectivity index (χ1v) is 13.9. The number of allylic oxidation sites excluding steroid dienone is 2. The molecular formula is C34H34MgN4O5-2. The van der Waals surface area contributed by atoms with E-state index >= 15 is 0 Å². The summed E-state index contributed by atoms with van der Waals surface area (Å²) >= 11 is 0. The average molecular weight is 603 g/mol. The molecule has 3 heterocycles. The standard InChI is InChI=1S/C34H36N4O5.Mg/c1-8-21-18(4)25(14-24(35)17(3)11-10-12-31(39)40)36-28(21)15-26-19(5)22(9-2)29(37-26)16-27-20(6)32-30(38-27)13-23(33(32)41)34(42)43-7;/h8-10,12,14-17,23,30H,1-2,11,13H2,3-7H3,(H3-2,35,36,37,38,39,40,41);/q-2;+2/p-2/b12-10+;/t17?,23-,30?;/m1./s1. The SMILES string of the molecule is C=Cc1c(/C=C2\[N-]C3C[C@@H](C(=O)OC)C(=O)C3=C2C)[n-]c(/C=c2\[n-]/c(=C\C(=[N-])C(C)C/C=C/C(=O)O)c(C)c2C=C)c1C.[Mg+2]. The summed E-state index contributed by atoms with van der Waals surface area (Å²) in [6.07, 6.45) is 12.0. The molecule has 1 N–H and O–H groups in total. The molecule has 1 fully saturated rings. The largest absolute Gasteiger partial charge is 2.00 e. The summed E-state index contributed by atoms with van der Waals surface area (Å²) in [6.45, 7) is 15.4. The van der Waals surface area contributed by atoms with E-state index in [1.54, 1.807) is 25.2 Å². The molecule has 10 heteroatoms. The molecule has 44 heavy (non-hydrogen) atoms. The molecule has 0 radical (unpaired) electrons. The molecule has 2 unspecified atom stereocenters. The van der Waals surface area contributed by atoms with Crippen molar-refractivity contribution in [2.24, 2.45) is 11.8 Å². The second-order valence-electron chi connectivity index (χ2n) is 10.7. The Hall–Kier alpha value is -4.15. The molecule has 224 valence electrons. The number of methoxy groups -OCH3 is 1. The minimum absolute atomic E-state index is 0. The van der Waals surface area contributed by atoms with E-state index in [1.165, 1.54) is 13.2 Å². The van der Waals surface area contributed by atoms with Gasteiger partial charge in [0, 0.05) is 6.08 Å². The van der Waals surface area contributed by atoms with Gasteiger partial charge in [-0.05, 0) is 56.2 Å². The monoisotopic (exact) mass is 602 g/mol. The first-order valence-electron chi connectivity index (χ1n) is 13.9. The van der Waals surface area contributed by atoms with Gasteiger partial charge in [0.05, 0.1) is 7.11 Å². The quantitative estimate of drug-likeness (QED) is 0.144. The second-order valence-corrected chi connectivity index (χ2v) is 10.7. The van der Waals surface area contributed by atoms with Crippen LogP contribution in [0.1, 0.15) is 60.3 Å². The molecule has 2 aromatic heterocycles. The number of carbonyl (C=O) groups is 3. The summed E-state index contributed by atoms with van der Waals surface area (Å²) in [7, 11) is 1.28. The number of ketones is 1. The number of aromatic nitrogens is 2. The van der Waals surface area contributed by atoms with E-state index in [0.29, 0.717) is 46.2 Å². The van der Waals surface area contributed by atoms with Crippen molar-refractivity contribution in [3.8, 4) is 0 Å². The Kier molecular flexibility index (Phi) is 11.0. The summed E-state index contributed by atoms with van der Waals surface area (Å²) in [5, 5.41) is 25.4. The van der Waals surface area contributed by atoms with E-state index in [-0.39, 0.29) is 46.5 Å². The van der Waals surface area contributed by atoms with Crippen LogP contribution in [0.3, 0.4) is 0 Å². The van der Waals surface area contributed by atoms with Crippen LogP contribution in [-0.2, 0) is 19.1 Å². The number of ether oxygens (including phenoxy) is 1. The van der Waals surface area contributed by atoms with Crippen molar-refractivity contribution in [1.29, 1.82) is 0 Å². The van der Waals surface area contributed by atoms with Gasteiger partial charge in [-0.15, -0.1) is 27.8 Å². The van der Waals surface area contributed by atoms with E-state index in [4.69, 9.17) is 25.1 Å². The van der Waals surface area contributed by atoms with Crippen molar-refractivity contribution in [1.82, 2.24) is 9.97 Å². The molecule has 3 atom stereocenters. The molecule has 1 aliphatic carbocycles. The van der Waals surface area contributed by atoms with Crippen LogP contribution in [0.5, 0.6) is 0 Å². The zero-order valence-corrected chi connectivity index (χ0v) is 27.1. The zero-order valence-electron chi connectivity index (χ0n) is 25.7. The van der Waals surface area contributed by atoms with Crippen molar-refractivity contribution < 1.29 is 24.2 Å². The molecule has 1 saturated carbocycles. The molecular weight excluding hydrogens is 569 g/mol. The molecule has 0 bridgehead atoms. The molecule has 0 saturated heterocycles. The Morgan fingerprint density at radius 1 is 1.07 bits per heavy atom. The van der Waals surface area contributed by atoms with Gasteiger partial charge in [-0.1, -0.05) is 79.3 Å². The van der Waals surface area contributed by atoms with Gasteiger partial charge in [-0.2, -0.15) is 5.71 Å². The maximum Gasteiger partial charge on any atom is 2.00 e. The van der Waals surface area contributed by atoms with Crippen molar-refractivity contribution in [3.05, 3.63) is 97.2 Å². The second kappa shape index (κ2) is 14.1. The molecule has 2 aliphatic rings. The Morgan fingerprint density at radius 2 is 1.75 bits per heavy atom. The van der Waals surface area contributed by atoms with Crippen LogP contribution in [0.15, 0.2) is 42.2 Å². The predicted molar refractivity (Wildman–Crippen MR) is 174 cm³/mol. The number of aliphatic carboxylic acids is 1. The van der Waals surface area contributed by atoms with Crippen LogP contribution < -0.4 is 20.7 Å². The number of carboxylic acid groups (broad SMARTS) is 1. The molecule has 0 aromatic carbocycles. The van der Waals surface area contributed by atoms with Crippen molar-refractivity contribution in [2.45, 2.75) is 46.6 Å². The number of carbonyl (C=O) groups excluding carboxylic acids is 2. The molecule has 0 amide bonds. The summed E-state index contributed by atoms with van der Waals surface area (Å²) in [4.78, 5) is 45.3. The molecule has 1 aliphatic heterocycles. The fraction of sp³-hybridized carbons (Fsp3) is 0.294. The summed E-state index contributed by atoms with van der Waals surface area (Å²) in [5.41, 5.74) is 6.71. The number of hydrogen-bond acceptors (Lipinski definition) is 4. The number of Topliss-reactive ketones (excluding diaryl/α,β-unsaturated/α-hetero) is 1. The number of fused-ring (bicyclic) bond motifs is 1. The first kappa shape index (κ1) is 34.3. The van der Waals surface area contributed by atoms with E-state index in [1.807, 2.05) is 32.9 Å². The topological polar surface area (TPSA) is 145 Å². The fourth-order valence-corrected chi connectivity index (χ4v) is 5.51. The third-order valence-corrected chi connectivity index (χ3v) is 8.05. The van der Waals surface area contributed by atoms with Crippen LogP contribution in [0.4, 0.5) is 0 Å². The van der Waals surface area contributed by atoms with Gasteiger partial charge in [-0.25, -0.2) is 4.79 Å². The van der Waals surface area contributed by atoms with Crippen LogP contribution in [-0.4, -0.2) is 64.7 Å². The van der Waals surface area contributed by atoms with Gasteiger partial charge in [0.2, 0.25) is 0 Å². The molecule has 2 aromatic rings. The van der Waals surface area contributed by atoms with Crippen LogP contribution >= 0.6 is 0 Å². The van der Waals surface area contributed by atoms with Gasteiger partial charge >= 0.3 is 35.0 Å². The molecule has 9 nitrogen and oxygen atoms in total. The first-order chi connectivity index (χ1) is 20.4. The third kappa shape index (κ3) is 6.66. The number of esters is 1. The maximum atomic E-state index is 12.9. The zero-order chi connectivity index (χ0) is 31.6. The Bertz CT molecular complexity index is 1770. The Balaban J connectivity index is 0.00000529. The number of rotatable bonds is 10. The number of carboxylic acids is 1. The number of hydrogen-bond donors (Lipinski definition) is 1. The fourth-order valence-electron chi connectivity index (χ4n) is 5.51. The van der Waals surface area contributed by atoms with Crippen molar-refractivity contribution in [3.63, 3.8) is 0 Å². The number of nitrogens with zero attached hydrogens (tertiary/aromatic N) is 4. The van der Waals surface area contributed by atoms with Crippen LogP contribution in [0.2, 0.25) is 0 Å². The van der Waals surface area contributed by atoms with Gasteiger partial charge in [0.15, 0.2) is 5.78 Å². The van der Waals surface area contributed by atoms with Gasteiger partial charge < -0.3 is 30.5 Å². The average Bonchev–Trinajstić information content (AvgIpc) is 3.65. The Morgan fingerprint density at radius 3 is 2.34 bits per heavy atom. The normalized spacial score (nSPS) is 20.1. The van der Waals surface area contributed by atoms with Gasteiger partial charge in [0.1, 0.15) is 5.92 Å². The minimum Gasteiger partial charge on any atom is -0.807 e. The third-order valence-electron chi connectivity index (χ3n) is 8.05. The summed E-state index contributed by atoms with van der Waals surface area (Å²) in [6, 6.07) is -0.373. The van der Waals surface area contributed by atoms with E-state index in [9.17, 15) is 19.8 Å². The molecule has 0 spiro atoms. The Labute approximate surface area is 272 Å². The molecule has 4 rings (SSSR count). The van der Waals surface area contributed by atoms with Gasteiger partial charge in [0.25, 0.3) is 0 Å². The van der Waals surface area contributed by atoms with E-state index < -0.39 is 17.9 Å². The van der Waals surface area contributed by atoms with Gasteiger partial charge in [-0.3, -0.25) is 9.59 Å². The minimum atomic E-state index is -1.04. The smallest absolute Gasteiger partial charge is 0.807 e. The van der Waals surface area contributed by atoms with E-state index in [0.717, 1.165) is 33.9 Å². The van der Waals surface area contributed by atoms with Crippen LogP contribution in [0.25, 0.3) is 41.1 Å². The van der Waals surface area contributed by atoms with Crippen molar-refractivity contribution >= 4 is 76.9 Å². The summed E-state index contributed by atoms with van der Waals surface area (Å²) < 4.78 is 4.79. The van der Waals surface area contributed by atoms with Crippen LogP contribution in [0, 0.1) is 25.7 Å². The van der Waals surface area contributed by atoms with E-state index in [2.05, 4.69) is 13.2 Å². The maximum absolute atomic E-state index is 12.9. The predicted octanol–water partition coefficient (Wildman–Crippen LogP) is 3.59. The van der Waals surface area contributed by atoms with Crippen molar-refractivity contribution in [2.75, 3.05) is 7.11 Å².